The number of sulfone groups is 1. The van der Waals surface area contributed by atoms with Crippen LogP contribution in [0.5, 0.6) is 5.75 Å². The number of piperidine rings is 1. The lowest BCUT2D eigenvalue weighted by Crippen LogP contribution is -2.58. The van der Waals surface area contributed by atoms with Crippen LogP contribution < -0.4 is 10.1 Å². The van der Waals surface area contributed by atoms with Crippen molar-refractivity contribution in [3.8, 4) is 5.75 Å². The number of amides is 1. The van der Waals surface area contributed by atoms with Crippen LogP contribution in [0.2, 0.25) is 0 Å². The Morgan fingerprint density at radius 3 is 2.24 bits per heavy atom. The van der Waals surface area contributed by atoms with Crippen molar-refractivity contribution in [2.45, 2.75) is 31.1 Å². The molecule has 1 aromatic carbocycles. The van der Waals surface area contributed by atoms with E-state index in [1.165, 1.54) is 6.26 Å². The Morgan fingerprint density at radius 2 is 1.80 bits per heavy atom. The molecule has 25 heavy (non-hydrogen) atoms. The molecule has 0 aliphatic carbocycles. The monoisotopic (exact) mass is 390 g/mol. The van der Waals surface area contributed by atoms with E-state index in [0.29, 0.717) is 39.0 Å². The molecular formula is C17H27ClN2O4S. The summed E-state index contributed by atoms with van der Waals surface area (Å²) in [4.78, 5) is 14.8. The Labute approximate surface area is 156 Å². The van der Waals surface area contributed by atoms with Gasteiger partial charge in [0.05, 0.1) is 7.11 Å². The maximum Gasteiger partial charge on any atom is 0.244 e. The number of rotatable bonds is 6. The summed E-state index contributed by atoms with van der Waals surface area (Å²) in [7, 11) is -1.89. The van der Waals surface area contributed by atoms with Crippen molar-refractivity contribution in [1.82, 2.24) is 10.2 Å². The number of hydrogen-bond donors (Lipinski definition) is 1. The molecule has 0 spiro atoms. The van der Waals surface area contributed by atoms with E-state index >= 15 is 0 Å². The molecule has 142 valence electrons. The molecule has 1 amide bonds. The van der Waals surface area contributed by atoms with Gasteiger partial charge in [-0.3, -0.25) is 4.79 Å². The van der Waals surface area contributed by atoms with Crippen LogP contribution in [0.1, 0.15) is 25.3 Å². The van der Waals surface area contributed by atoms with Gasteiger partial charge in [0, 0.05) is 19.3 Å². The van der Waals surface area contributed by atoms with Crippen molar-refractivity contribution in [2.24, 2.45) is 0 Å². The van der Waals surface area contributed by atoms with Crippen molar-refractivity contribution >= 4 is 28.2 Å². The highest BCUT2D eigenvalue weighted by Crippen LogP contribution is 2.30. The van der Waals surface area contributed by atoms with E-state index < -0.39 is 14.6 Å². The first kappa shape index (κ1) is 21.7. The van der Waals surface area contributed by atoms with Gasteiger partial charge >= 0.3 is 0 Å². The van der Waals surface area contributed by atoms with Crippen molar-refractivity contribution in [3.63, 3.8) is 0 Å². The average Bonchev–Trinajstić information content (AvgIpc) is 2.59. The number of methoxy groups -OCH3 is 1. The van der Waals surface area contributed by atoms with Crippen LogP contribution in [0.4, 0.5) is 0 Å². The van der Waals surface area contributed by atoms with E-state index in [4.69, 9.17) is 4.74 Å². The summed E-state index contributed by atoms with van der Waals surface area (Å²) in [6.45, 7) is 3.82. The van der Waals surface area contributed by atoms with Gasteiger partial charge in [-0.2, -0.15) is 0 Å². The molecular weight excluding hydrogens is 364 g/mol. The first-order chi connectivity index (χ1) is 11.3. The van der Waals surface area contributed by atoms with Crippen LogP contribution in [-0.4, -0.2) is 57.0 Å². The number of benzene rings is 1. The van der Waals surface area contributed by atoms with Gasteiger partial charge in [-0.15, -0.1) is 12.4 Å². The van der Waals surface area contributed by atoms with Crippen LogP contribution in [0.3, 0.4) is 0 Å². The normalized spacial score (nSPS) is 16.6. The minimum Gasteiger partial charge on any atom is -0.497 e. The largest absolute Gasteiger partial charge is 0.497 e. The third-order valence-corrected chi connectivity index (χ3v) is 6.71. The van der Waals surface area contributed by atoms with E-state index in [2.05, 4.69) is 5.32 Å². The van der Waals surface area contributed by atoms with Crippen LogP contribution in [0.25, 0.3) is 0 Å². The Morgan fingerprint density at radius 1 is 1.24 bits per heavy atom. The maximum absolute atomic E-state index is 13.1. The van der Waals surface area contributed by atoms with Gasteiger partial charge in [0.1, 0.15) is 5.75 Å². The number of nitrogens with one attached hydrogen (secondary N) is 1. The van der Waals surface area contributed by atoms with Gasteiger partial charge in [-0.25, -0.2) is 8.42 Å². The van der Waals surface area contributed by atoms with Gasteiger partial charge in [-0.1, -0.05) is 12.1 Å². The molecule has 1 saturated heterocycles. The number of carbonyl (C=O) groups excluding carboxylic acids is 1. The number of hydrogen-bond acceptors (Lipinski definition) is 5. The third kappa shape index (κ3) is 4.65. The molecule has 0 aromatic heterocycles. The molecule has 0 bridgehead atoms. The molecule has 2 rings (SSSR count). The highest BCUT2D eigenvalue weighted by molar-refractivity contribution is 7.92. The third-order valence-electron chi connectivity index (χ3n) is 4.71. The number of carbonyl (C=O) groups is 1. The predicted molar refractivity (Wildman–Crippen MR) is 101 cm³/mol. The lowest BCUT2D eigenvalue weighted by molar-refractivity contribution is -0.135. The highest BCUT2D eigenvalue weighted by Gasteiger charge is 2.50. The topological polar surface area (TPSA) is 75.7 Å². The molecule has 0 radical (unpaired) electrons. The zero-order valence-electron chi connectivity index (χ0n) is 14.9. The van der Waals surface area contributed by atoms with Gasteiger partial charge in [0.2, 0.25) is 5.91 Å². The van der Waals surface area contributed by atoms with E-state index in [1.54, 1.807) is 12.0 Å². The van der Waals surface area contributed by atoms with Gasteiger partial charge in [0.15, 0.2) is 14.6 Å². The molecule has 6 nitrogen and oxygen atoms in total. The Bertz CT molecular complexity index is 670. The first-order valence-corrected chi connectivity index (χ1v) is 10.1. The molecule has 1 aliphatic heterocycles. The Hall–Kier alpha value is -1.31. The van der Waals surface area contributed by atoms with Crippen LogP contribution >= 0.6 is 12.4 Å². The summed E-state index contributed by atoms with van der Waals surface area (Å²) in [5, 5.41) is 3.14. The number of ether oxygens (including phenoxy) is 1. The van der Waals surface area contributed by atoms with E-state index in [0.717, 1.165) is 11.3 Å². The summed E-state index contributed by atoms with van der Waals surface area (Å²) >= 11 is 0. The fourth-order valence-corrected chi connectivity index (χ4v) is 4.53. The lowest BCUT2D eigenvalue weighted by Gasteiger charge is -2.38. The number of nitrogens with zero attached hydrogens (tertiary/aromatic N) is 1. The summed E-state index contributed by atoms with van der Waals surface area (Å²) < 4.78 is 28.7. The zero-order valence-corrected chi connectivity index (χ0v) is 16.6. The van der Waals surface area contributed by atoms with E-state index in [9.17, 15) is 13.2 Å². The molecule has 1 N–H and O–H groups in total. The van der Waals surface area contributed by atoms with Crippen LogP contribution in [0, 0.1) is 0 Å². The molecule has 1 fully saturated rings. The predicted octanol–water partition coefficient (Wildman–Crippen LogP) is 1.63. The fourth-order valence-electron chi connectivity index (χ4n) is 3.14. The zero-order chi connectivity index (χ0) is 17.8. The summed E-state index contributed by atoms with van der Waals surface area (Å²) in [5.74, 6) is 0.462. The Kier molecular flexibility index (Phi) is 7.71. The van der Waals surface area contributed by atoms with E-state index in [-0.39, 0.29) is 18.3 Å². The minimum atomic E-state index is -3.50. The molecule has 1 heterocycles. The SMILES string of the molecule is CCN(Cc1ccc(OC)cc1)C(=O)C1(S(C)(=O)=O)CCNCC1.Cl. The second-order valence-corrected chi connectivity index (χ2v) is 8.51. The van der Waals surface area contributed by atoms with Crippen molar-refractivity contribution in [3.05, 3.63) is 29.8 Å². The lowest BCUT2D eigenvalue weighted by atomic mass is 9.95. The molecule has 0 atom stereocenters. The molecule has 0 unspecified atom stereocenters. The van der Waals surface area contributed by atoms with Crippen molar-refractivity contribution < 1.29 is 17.9 Å². The van der Waals surface area contributed by atoms with E-state index in [1.807, 2.05) is 31.2 Å². The second-order valence-electron chi connectivity index (χ2n) is 6.18. The van der Waals surface area contributed by atoms with Gasteiger partial charge < -0.3 is 15.0 Å². The van der Waals surface area contributed by atoms with Crippen LogP contribution in [0.15, 0.2) is 24.3 Å². The summed E-state index contributed by atoms with van der Waals surface area (Å²) in [6, 6.07) is 7.46. The average molecular weight is 391 g/mol. The standard InChI is InChI=1S/C17H26N2O4S.ClH/c1-4-19(13-14-5-7-15(23-2)8-6-14)16(20)17(24(3,21)22)9-11-18-12-10-17;/h5-8,18H,4,9-13H2,1-3H3;1H. The molecule has 8 heteroatoms. The van der Waals surface area contributed by atoms with Crippen LogP contribution in [-0.2, 0) is 21.2 Å². The fraction of sp³-hybridized carbons (Fsp3) is 0.588. The summed E-state index contributed by atoms with van der Waals surface area (Å²) in [5.41, 5.74) is 0.948. The van der Waals surface area contributed by atoms with Crippen molar-refractivity contribution in [1.29, 1.82) is 0 Å². The summed E-state index contributed by atoms with van der Waals surface area (Å²) in [6.07, 6.45) is 1.82. The smallest absolute Gasteiger partial charge is 0.244 e. The highest BCUT2D eigenvalue weighted by atomic mass is 35.5. The van der Waals surface area contributed by atoms with Gasteiger partial charge in [0.25, 0.3) is 0 Å². The molecule has 0 saturated carbocycles. The molecule has 1 aliphatic rings. The second kappa shape index (κ2) is 8.87. The van der Waals surface area contributed by atoms with Gasteiger partial charge in [-0.05, 0) is 50.6 Å². The first-order valence-electron chi connectivity index (χ1n) is 8.16. The quantitative estimate of drug-likeness (QED) is 0.799. The molecule has 1 aromatic rings. The number of halogens is 1. The Balaban J connectivity index is 0.00000312. The van der Waals surface area contributed by atoms with Crippen molar-refractivity contribution in [2.75, 3.05) is 33.0 Å². The maximum atomic E-state index is 13.1. The minimum absolute atomic E-state index is 0.